The number of aromatic nitrogens is 1. The van der Waals surface area contributed by atoms with Gasteiger partial charge in [-0.1, -0.05) is 157 Å². The number of ketones is 2. The van der Waals surface area contributed by atoms with Gasteiger partial charge in [-0.05, 0) is 27.8 Å². The van der Waals surface area contributed by atoms with Gasteiger partial charge in [-0.25, -0.2) is 9.78 Å². The summed E-state index contributed by atoms with van der Waals surface area (Å²) < 4.78 is 12.4. The van der Waals surface area contributed by atoms with Crippen molar-refractivity contribution in [2.24, 2.45) is 5.16 Å². The van der Waals surface area contributed by atoms with E-state index in [9.17, 15) is 24.0 Å². The number of carbonyl (C=O) groups is 5. The molecule has 3 aliphatic heterocycles. The number of benzene rings is 5. The fourth-order valence-corrected chi connectivity index (χ4v) is 11.7. The lowest BCUT2D eigenvalue weighted by Crippen LogP contribution is -2.73. The molecule has 338 valence electrons. The lowest BCUT2D eigenvalue weighted by atomic mass is 9.77. The molecule has 0 radical (unpaired) electrons. The number of oxime groups is 1. The molecule has 0 bridgehead atoms. The largest absolute Gasteiger partial charge is 0.448 e. The minimum absolute atomic E-state index is 0.0246. The van der Waals surface area contributed by atoms with Crippen LogP contribution in [0, 0.1) is 0 Å². The van der Waals surface area contributed by atoms with Crippen molar-refractivity contribution in [2.45, 2.75) is 36.3 Å². The van der Waals surface area contributed by atoms with Gasteiger partial charge in [0.05, 0.1) is 16.4 Å². The predicted molar refractivity (Wildman–Crippen MR) is 258 cm³/mol. The van der Waals surface area contributed by atoms with E-state index in [4.69, 9.17) is 19.3 Å². The summed E-state index contributed by atoms with van der Waals surface area (Å²) in [5, 5.41) is 12.9. The average Bonchev–Trinajstić information content (AvgIpc) is 3.84. The van der Waals surface area contributed by atoms with Crippen LogP contribution >= 0.6 is 34.9 Å². The van der Waals surface area contributed by atoms with E-state index in [1.807, 2.05) is 115 Å². The number of thiazole rings is 1. The second-order valence-corrected chi connectivity index (χ2v) is 18.9. The number of anilines is 1. The molecule has 0 saturated carbocycles. The summed E-state index contributed by atoms with van der Waals surface area (Å²) >= 11 is 3.88. The number of carbonyl (C=O) groups excluding carboxylic acids is 5. The molecule has 0 spiro atoms. The van der Waals surface area contributed by atoms with Crippen LogP contribution in [-0.4, -0.2) is 88.4 Å². The molecule has 16 heteroatoms. The number of fused-ring (bicyclic) bond motifs is 1. The Balaban J connectivity index is 0.977. The molecule has 1 aromatic heterocycles. The third kappa shape index (κ3) is 9.43. The Hall–Kier alpha value is -6.85. The first-order valence-corrected chi connectivity index (χ1v) is 24.2. The number of nitrogens with one attached hydrogen (secondary N) is 2. The van der Waals surface area contributed by atoms with Crippen molar-refractivity contribution < 1.29 is 38.3 Å². The number of amides is 2. The van der Waals surface area contributed by atoms with Crippen molar-refractivity contribution >= 4 is 75.1 Å². The Morgan fingerprint density at radius 3 is 1.91 bits per heavy atom. The number of esters is 1. The highest BCUT2D eigenvalue weighted by Gasteiger charge is 2.55. The lowest BCUT2D eigenvalue weighted by Gasteiger charge is -2.50. The van der Waals surface area contributed by atoms with E-state index < -0.39 is 59.2 Å². The Labute approximate surface area is 399 Å². The Morgan fingerprint density at radius 2 is 1.37 bits per heavy atom. The summed E-state index contributed by atoms with van der Waals surface area (Å²) in [5.41, 5.74) is 3.57. The summed E-state index contributed by atoms with van der Waals surface area (Å²) in [6, 6.07) is 47.1. The molecule has 3 aliphatic rings. The normalized spacial score (nSPS) is 18.5. The first-order chi connectivity index (χ1) is 32.7. The molecule has 13 nitrogen and oxygen atoms in total. The van der Waals surface area contributed by atoms with E-state index in [2.05, 4.69) is 52.2 Å². The number of hydrogen-bond acceptors (Lipinski definition) is 14. The van der Waals surface area contributed by atoms with Crippen LogP contribution in [0.25, 0.3) is 0 Å². The van der Waals surface area contributed by atoms with E-state index in [0.717, 1.165) is 27.8 Å². The van der Waals surface area contributed by atoms with Gasteiger partial charge >= 0.3 is 5.97 Å². The summed E-state index contributed by atoms with van der Waals surface area (Å²) in [7, 11) is 1.32. The number of hydrogen-bond donors (Lipinski definition) is 2. The molecule has 6 aromatic rings. The standard InChI is InChI=1S/C51H43N5O8S3/c1-62-55-42(38-30-67-50(52-38)54-51(34-21-11-4-12-22-34,35-23-13-5-14-24-35)36-25-15-6-16-26-36)46(59)53-43-39-31-66-49(65-29-37-27-40(57)41(58)28-63-37)44(56(39)47(43)60)48(61)64-45(32-17-7-2-8-18-32)33-19-9-3-10-20-33/h2-26,30,37,39,43,45H,27-29,31H2,1H3,(H,52,54)(H,53,59). The molecule has 3 atom stereocenters. The lowest BCUT2D eigenvalue weighted by molar-refractivity contribution is -0.156. The maximum Gasteiger partial charge on any atom is 0.357 e. The minimum Gasteiger partial charge on any atom is -0.448 e. The van der Waals surface area contributed by atoms with Crippen molar-refractivity contribution in [1.82, 2.24) is 15.2 Å². The topological polar surface area (TPSA) is 166 Å². The van der Waals surface area contributed by atoms with Gasteiger partial charge in [0.25, 0.3) is 11.8 Å². The number of thioether (sulfide) groups is 2. The molecule has 67 heavy (non-hydrogen) atoms. The number of Topliss-reactive ketones (excluding diaryl/α,β-unsaturated/α-hetero) is 2. The van der Waals surface area contributed by atoms with Crippen molar-refractivity contribution in [3.8, 4) is 0 Å². The van der Waals surface area contributed by atoms with Crippen LogP contribution in [0.2, 0.25) is 0 Å². The second kappa shape index (κ2) is 20.3. The number of rotatable bonds is 16. The first-order valence-electron chi connectivity index (χ1n) is 21.4. The molecule has 3 unspecified atom stereocenters. The summed E-state index contributed by atoms with van der Waals surface area (Å²) in [4.78, 5) is 78.7. The van der Waals surface area contributed by atoms with E-state index in [0.29, 0.717) is 15.1 Å². The number of ether oxygens (including phenoxy) is 2. The summed E-state index contributed by atoms with van der Waals surface area (Å²) in [5.74, 6) is -2.48. The number of β-lactam (4-membered cyclic amide) rings is 1. The van der Waals surface area contributed by atoms with Crippen molar-refractivity contribution in [3.63, 3.8) is 0 Å². The Kier molecular flexibility index (Phi) is 13.8. The zero-order chi connectivity index (χ0) is 46.3. The van der Waals surface area contributed by atoms with Crippen LogP contribution in [-0.2, 0) is 43.8 Å². The molecule has 2 N–H and O–H groups in total. The number of nitrogens with zero attached hydrogens (tertiary/aromatic N) is 3. The zero-order valence-corrected chi connectivity index (χ0v) is 38.4. The van der Waals surface area contributed by atoms with Crippen LogP contribution in [0.1, 0.15) is 46.0 Å². The molecule has 2 saturated heterocycles. The minimum atomic E-state index is -1.03. The van der Waals surface area contributed by atoms with Gasteiger partial charge in [0.15, 0.2) is 22.6 Å². The highest BCUT2D eigenvalue weighted by atomic mass is 32.2. The molecular formula is C51H43N5O8S3. The average molecular weight is 950 g/mol. The molecule has 9 rings (SSSR count). The van der Waals surface area contributed by atoms with Gasteiger partial charge < -0.3 is 24.9 Å². The van der Waals surface area contributed by atoms with Crippen molar-refractivity contribution in [3.05, 3.63) is 200 Å². The highest BCUT2D eigenvalue weighted by molar-refractivity contribution is 8.22. The SMILES string of the molecule is CON=C(C(=O)NC1C(=O)N2C(C(=O)OC(c3ccccc3)c3ccccc3)=C(SCC3CC(=O)C(=O)CO3)SCC12)c1csc(NC(c2ccccc2)(c2ccccc2)c2ccccc2)n1. The molecule has 2 amide bonds. The Bertz CT molecular complexity index is 2690. The fraction of sp³-hybridized carbons (Fsp3) is 0.196. The zero-order valence-electron chi connectivity index (χ0n) is 36.0. The van der Waals surface area contributed by atoms with E-state index in [1.54, 1.807) is 5.38 Å². The maximum absolute atomic E-state index is 14.6. The molecular weight excluding hydrogens is 907 g/mol. The van der Waals surface area contributed by atoms with Crippen LogP contribution in [0.4, 0.5) is 5.13 Å². The Morgan fingerprint density at radius 1 is 0.821 bits per heavy atom. The molecule has 4 heterocycles. The maximum atomic E-state index is 14.6. The van der Waals surface area contributed by atoms with E-state index >= 15 is 0 Å². The third-order valence-electron chi connectivity index (χ3n) is 11.6. The highest BCUT2D eigenvalue weighted by Crippen LogP contribution is 2.46. The molecule has 2 fully saturated rings. The third-order valence-corrected chi connectivity index (χ3v) is 15.0. The van der Waals surface area contributed by atoms with E-state index in [-0.39, 0.29) is 35.9 Å². The van der Waals surface area contributed by atoms with Crippen molar-refractivity contribution in [1.29, 1.82) is 0 Å². The van der Waals surface area contributed by atoms with Gasteiger partial charge in [0, 0.05) is 23.3 Å². The quantitative estimate of drug-likeness (QED) is 0.0246. The van der Waals surface area contributed by atoms with E-state index in [1.165, 1.54) is 46.9 Å². The first kappa shape index (κ1) is 45.3. The van der Waals surface area contributed by atoms with Gasteiger partial charge in [-0.2, -0.15) is 0 Å². The molecule has 0 aliphatic carbocycles. The smallest absolute Gasteiger partial charge is 0.357 e. The fourth-order valence-electron chi connectivity index (χ4n) is 8.33. The van der Waals surface area contributed by atoms with Crippen LogP contribution in [0.3, 0.4) is 0 Å². The predicted octanol–water partition coefficient (Wildman–Crippen LogP) is 7.50. The van der Waals surface area contributed by atoms with Crippen LogP contribution in [0.15, 0.2) is 172 Å². The monoisotopic (exact) mass is 949 g/mol. The summed E-state index contributed by atoms with van der Waals surface area (Å²) in [6.07, 6.45) is -1.45. The molecule has 5 aromatic carbocycles. The second-order valence-electron chi connectivity index (χ2n) is 15.7. The van der Waals surface area contributed by atoms with Crippen LogP contribution < -0.4 is 10.6 Å². The van der Waals surface area contributed by atoms with Gasteiger partial charge in [-0.3, -0.25) is 24.1 Å². The summed E-state index contributed by atoms with van der Waals surface area (Å²) in [6.45, 7) is -0.308. The van der Waals surface area contributed by atoms with Gasteiger partial charge in [-0.15, -0.1) is 34.9 Å². The van der Waals surface area contributed by atoms with Crippen LogP contribution in [0.5, 0.6) is 0 Å². The van der Waals surface area contributed by atoms with Crippen molar-refractivity contribution in [2.75, 3.05) is 30.5 Å². The van der Waals surface area contributed by atoms with Gasteiger partial charge in [0.1, 0.15) is 31.0 Å². The van der Waals surface area contributed by atoms with Gasteiger partial charge in [0.2, 0.25) is 11.6 Å².